The van der Waals surface area contributed by atoms with Gasteiger partial charge in [0.25, 0.3) is 0 Å². The Morgan fingerprint density at radius 3 is 2.42 bits per heavy atom. The minimum absolute atomic E-state index is 0.571. The lowest BCUT2D eigenvalue weighted by atomic mass is 9.90. The summed E-state index contributed by atoms with van der Waals surface area (Å²) < 4.78 is 0. The highest BCUT2D eigenvalue weighted by Gasteiger charge is 2.24. The van der Waals surface area contributed by atoms with E-state index < -0.39 is 0 Å². The van der Waals surface area contributed by atoms with Crippen molar-refractivity contribution in [2.45, 2.75) is 32.2 Å². The minimum atomic E-state index is 0.571. The number of nitrogens with one attached hydrogen (secondary N) is 1. The van der Waals surface area contributed by atoms with Crippen molar-refractivity contribution in [3.05, 3.63) is 76.4 Å². The van der Waals surface area contributed by atoms with Crippen LogP contribution in [0.4, 0.5) is 0 Å². The van der Waals surface area contributed by atoms with E-state index in [1.807, 2.05) is 18.2 Å². The Balaban J connectivity index is 1.41. The summed E-state index contributed by atoms with van der Waals surface area (Å²) in [5, 5.41) is 8.74. The molecule has 0 atom stereocenters. The van der Waals surface area contributed by atoms with Crippen LogP contribution in [0.5, 0.6) is 0 Å². The third kappa shape index (κ3) is 3.69. The number of hydrogen-bond donors (Lipinski definition) is 1. The van der Waals surface area contributed by atoms with E-state index in [1.54, 1.807) is 0 Å². The Morgan fingerprint density at radius 2 is 1.73 bits per heavy atom. The van der Waals surface area contributed by atoms with Crippen molar-refractivity contribution in [1.82, 2.24) is 15.1 Å². The zero-order valence-electron chi connectivity index (χ0n) is 15.1. The predicted molar refractivity (Wildman–Crippen MR) is 107 cm³/mol. The van der Waals surface area contributed by atoms with Gasteiger partial charge in [-0.15, -0.1) is 0 Å². The van der Waals surface area contributed by atoms with Crippen molar-refractivity contribution in [3.63, 3.8) is 0 Å². The van der Waals surface area contributed by atoms with Crippen LogP contribution in [0.3, 0.4) is 0 Å². The number of aromatic nitrogens is 2. The first-order valence-corrected chi connectivity index (χ1v) is 9.65. The molecule has 134 valence electrons. The second kappa shape index (κ2) is 7.65. The number of benzene rings is 2. The van der Waals surface area contributed by atoms with Gasteiger partial charge in [-0.25, -0.2) is 0 Å². The van der Waals surface area contributed by atoms with Gasteiger partial charge in [-0.3, -0.25) is 10.00 Å². The molecule has 0 amide bonds. The van der Waals surface area contributed by atoms with E-state index in [0.29, 0.717) is 5.92 Å². The quantitative estimate of drug-likeness (QED) is 0.669. The molecule has 0 radical (unpaired) electrons. The Labute approximate surface area is 160 Å². The van der Waals surface area contributed by atoms with Gasteiger partial charge in [-0.05, 0) is 56.1 Å². The topological polar surface area (TPSA) is 31.9 Å². The zero-order valence-corrected chi connectivity index (χ0v) is 15.8. The van der Waals surface area contributed by atoms with Gasteiger partial charge >= 0.3 is 0 Å². The molecular weight excluding hydrogens is 342 g/mol. The first-order chi connectivity index (χ1) is 12.7. The molecule has 4 rings (SSSR count). The lowest BCUT2D eigenvalue weighted by Gasteiger charge is -2.31. The molecule has 2 aromatic carbocycles. The summed E-state index contributed by atoms with van der Waals surface area (Å²) in [4.78, 5) is 2.53. The SMILES string of the molecule is Cc1c(-c2ccccc2)n[nH]c1C1CCN(Cc2ccc(Cl)cc2)CC1. The van der Waals surface area contributed by atoms with E-state index >= 15 is 0 Å². The summed E-state index contributed by atoms with van der Waals surface area (Å²) in [5.41, 5.74) is 6.22. The van der Waals surface area contributed by atoms with Gasteiger partial charge in [0.15, 0.2) is 0 Å². The Kier molecular flexibility index (Phi) is 5.09. The van der Waals surface area contributed by atoms with Crippen molar-refractivity contribution in [2.75, 3.05) is 13.1 Å². The van der Waals surface area contributed by atoms with E-state index in [1.165, 1.54) is 35.2 Å². The van der Waals surface area contributed by atoms with Gasteiger partial charge in [0, 0.05) is 28.7 Å². The fourth-order valence-electron chi connectivity index (χ4n) is 3.91. The van der Waals surface area contributed by atoms with Crippen LogP contribution in [-0.2, 0) is 6.54 Å². The standard InChI is InChI=1S/C22H24ClN3/c1-16-21(18-5-3-2-4-6-18)24-25-22(16)19-11-13-26(14-12-19)15-17-7-9-20(23)10-8-17/h2-10,19H,11-15H2,1H3,(H,24,25). The summed E-state index contributed by atoms with van der Waals surface area (Å²) in [6.07, 6.45) is 2.34. The molecule has 0 aliphatic carbocycles. The number of piperidine rings is 1. The monoisotopic (exact) mass is 365 g/mol. The minimum Gasteiger partial charge on any atom is -0.299 e. The molecule has 1 N–H and O–H groups in total. The van der Waals surface area contributed by atoms with E-state index in [0.717, 1.165) is 30.4 Å². The smallest absolute Gasteiger partial charge is 0.0952 e. The maximum absolute atomic E-state index is 5.98. The average molecular weight is 366 g/mol. The number of H-pyrrole nitrogens is 1. The van der Waals surface area contributed by atoms with Crippen molar-refractivity contribution in [3.8, 4) is 11.3 Å². The van der Waals surface area contributed by atoms with Gasteiger partial charge in [-0.1, -0.05) is 54.1 Å². The van der Waals surface area contributed by atoms with Crippen LogP contribution >= 0.6 is 11.6 Å². The van der Waals surface area contributed by atoms with Gasteiger partial charge in [-0.2, -0.15) is 5.10 Å². The third-order valence-corrected chi connectivity index (χ3v) is 5.66. The molecule has 26 heavy (non-hydrogen) atoms. The largest absolute Gasteiger partial charge is 0.299 e. The van der Waals surface area contributed by atoms with Crippen molar-refractivity contribution in [2.24, 2.45) is 0 Å². The van der Waals surface area contributed by atoms with Gasteiger partial charge in [0.2, 0.25) is 0 Å². The number of halogens is 1. The Bertz CT molecular complexity index is 847. The molecule has 1 saturated heterocycles. The van der Waals surface area contributed by atoms with E-state index in [4.69, 9.17) is 11.6 Å². The van der Waals surface area contributed by atoms with Gasteiger partial charge in [0.1, 0.15) is 0 Å². The molecule has 1 aromatic heterocycles. The molecule has 0 spiro atoms. The highest BCUT2D eigenvalue weighted by atomic mass is 35.5. The fraction of sp³-hybridized carbons (Fsp3) is 0.318. The molecule has 2 heterocycles. The number of likely N-dealkylation sites (tertiary alicyclic amines) is 1. The summed E-state index contributed by atoms with van der Waals surface area (Å²) in [6, 6.07) is 18.6. The van der Waals surface area contributed by atoms with Crippen LogP contribution in [0.2, 0.25) is 5.02 Å². The fourth-order valence-corrected chi connectivity index (χ4v) is 4.04. The summed E-state index contributed by atoms with van der Waals surface area (Å²) in [7, 11) is 0. The van der Waals surface area contributed by atoms with Gasteiger partial charge in [0.05, 0.1) is 5.69 Å². The van der Waals surface area contributed by atoms with Crippen molar-refractivity contribution in [1.29, 1.82) is 0 Å². The maximum Gasteiger partial charge on any atom is 0.0952 e. The van der Waals surface area contributed by atoms with E-state index in [-0.39, 0.29) is 0 Å². The molecule has 4 heteroatoms. The molecular formula is C22H24ClN3. The van der Waals surface area contributed by atoms with Crippen molar-refractivity contribution >= 4 is 11.6 Å². The van der Waals surface area contributed by atoms with Crippen LogP contribution in [-0.4, -0.2) is 28.2 Å². The molecule has 1 fully saturated rings. The summed E-state index contributed by atoms with van der Waals surface area (Å²) in [6.45, 7) is 5.43. The second-order valence-corrected chi connectivity index (χ2v) is 7.59. The van der Waals surface area contributed by atoms with Crippen LogP contribution in [0.25, 0.3) is 11.3 Å². The Hall–Kier alpha value is -2.10. The number of aromatic amines is 1. The average Bonchev–Trinajstić information content (AvgIpc) is 3.06. The van der Waals surface area contributed by atoms with Crippen molar-refractivity contribution < 1.29 is 0 Å². The number of rotatable bonds is 4. The Morgan fingerprint density at radius 1 is 1.04 bits per heavy atom. The zero-order chi connectivity index (χ0) is 17.9. The highest BCUT2D eigenvalue weighted by molar-refractivity contribution is 6.30. The lowest BCUT2D eigenvalue weighted by Crippen LogP contribution is -2.32. The number of nitrogens with zero attached hydrogens (tertiary/aromatic N) is 2. The van der Waals surface area contributed by atoms with Crippen LogP contribution in [0.15, 0.2) is 54.6 Å². The van der Waals surface area contributed by atoms with Crippen LogP contribution in [0.1, 0.15) is 35.6 Å². The second-order valence-electron chi connectivity index (χ2n) is 7.15. The molecule has 0 bridgehead atoms. The highest BCUT2D eigenvalue weighted by Crippen LogP contribution is 2.33. The van der Waals surface area contributed by atoms with E-state index in [2.05, 4.69) is 58.4 Å². The molecule has 1 aliphatic heterocycles. The maximum atomic E-state index is 5.98. The first-order valence-electron chi connectivity index (χ1n) is 9.28. The van der Waals surface area contributed by atoms with Gasteiger partial charge < -0.3 is 0 Å². The summed E-state index contributed by atoms with van der Waals surface area (Å²) >= 11 is 5.98. The van der Waals surface area contributed by atoms with E-state index in [9.17, 15) is 0 Å². The third-order valence-electron chi connectivity index (χ3n) is 5.41. The molecule has 1 aliphatic rings. The van der Waals surface area contributed by atoms with Crippen LogP contribution < -0.4 is 0 Å². The number of hydrogen-bond acceptors (Lipinski definition) is 2. The molecule has 3 aromatic rings. The molecule has 3 nitrogen and oxygen atoms in total. The lowest BCUT2D eigenvalue weighted by molar-refractivity contribution is 0.203. The molecule has 0 saturated carbocycles. The first kappa shape index (κ1) is 17.3. The van der Waals surface area contributed by atoms with Crippen LogP contribution in [0, 0.1) is 6.92 Å². The molecule has 0 unspecified atom stereocenters. The summed E-state index contributed by atoms with van der Waals surface area (Å²) in [5.74, 6) is 0.571. The predicted octanol–water partition coefficient (Wildman–Crippen LogP) is 5.42. The normalized spacial score (nSPS) is 16.1.